The summed E-state index contributed by atoms with van der Waals surface area (Å²) in [5, 5.41) is 18.0. The highest BCUT2D eigenvalue weighted by atomic mass is 35.5. The van der Waals surface area contributed by atoms with E-state index in [2.05, 4.69) is 36.9 Å². The fourth-order valence-corrected chi connectivity index (χ4v) is 8.38. The molecule has 6 amide bonds. The molecule has 5 rings (SSSR count). The second-order valence-electron chi connectivity index (χ2n) is 14.9. The number of aromatic nitrogens is 1. The van der Waals surface area contributed by atoms with Gasteiger partial charge in [-0.25, -0.2) is 14.6 Å². The largest absolute Gasteiger partial charge is 0.496 e. The zero-order chi connectivity index (χ0) is 41.0. The Morgan fingerprint density at radius 1 is 1.00 bits per heavy atom. The molecule has 2 saturated heterocycles. The third-order valence-electron chi connectivity index (χ3n) is 9.30. The number of unbranched alkanes of at least 4 members (excludes halogenated alkanes) is 1. The maximum atomic E-state index is 13.5. The van der Waals surface area contributed by atoms with Crippen molar-refractivity contribution in [1.29, 1.82) is 0 Å². The highest BCUT2D eigenvalue weighted by Crippen LogP contribution is 2.33. The number of halogens is 1. The fourth-order valence-electron chi connectivity index (χ4n) is 6.59. The number of anilines is 1. The number of fused-ring (bicyclic) bond motifs is 1. The first-order chi connectivity index (χ1) is 27.3. The first kappa shape index (κ1) is 43.2. The van der Waals surface area contributed by atoms with Crippen LogP contribution in [0.15, 0.2) is 53.1 Å². The van der Waals surface area contributed by atoms with Crippen molar-refractivity contribution >= 4 is 58.9 Å². The number of amides is 6. The van der Waals surface area contributed by atoms with Gasteiger partial charge in [0, 0.05) is 48.2 Å². The van der Waals surface area contributed by atoms with Crippen LogP contribution in [0.1, 0.15) is 94.4 Å². The van der Waals surface area contributed by atoms with E-state index < -0.39 is 23.6 Å². The Morgan fingerprint density at radius 2 is 1.77 bits per heavy atom. The van der Waals surface area contributed by atoms with Gasteiger partial charge in [-0.2, -0.15) is 11.8 Å². The van der Waals surface area contributed by atoms with Crippen molar-refractivity contribution in [2.75, 3.05) is 31.3 Å². The Kier molecular flexibility index (Phi) is 15.5. The minimum absolute atomic E-state index is 0.0369. The van der Waals surface area contributed by atoms with E-state index in [0.29, 0.717) is 60.2 Å². The minimum atomic E-state index is -0.699. The maximum absolute atomic E-state index is 13.5. The van der Waals surface area contributed by atoms with E-state index in [0.717, 1.165) is 25.0 Å². The SMILES string of the molecule is COc1cccc(Cl)c1C(=O)N[C@@H](CCCNC(=O)OC(C)(C)C)c1ncc(-c2cccc(NC(=O)CCCNC(=O)CCCC[C@@H]3SC[C@@H]4NC(=O)N[C@@H]43)c2)o1. The van der Waals surface area contributed by atoms with E-state index in [1.165, 1.54) is 7.11 Å². The van der Waals surface area contributed by atoms with Crippen LogP contribution in [-0.2, 0) is 14.3 Å². The Morgan fingerprint density at radius 3 is 2.56 bits per heavy atom. The molecule has 0 saturated carbocycles. The van der Waals surface area contributed by atoms with Crippen molar-refractivity contribution in [3.63, 3.8) is 0 Å². The number of hydrogen-bond acceptors (Lipinski definition) is 10. The number of rotatable bonds is 19. The predicted molar refractivity (Wildman–Crippen MR) is 218 cm³/mol. The molecule has 0 spiro atoms. The lowest BCUT2D eigenvalue weighted by atomic mass is 10.0. The lowest BCUT2D eigenvalue weighted by molar-refractivity contribution is -0.121. The number of ether oxygens (including phenoxy) is 2. The van der Waals surface area contributed by atoms with Crippen molar-refractivity contribution in [2.24, 2.45) is 0 Å². The summed E-state index contributed by atoms with van der Waals surface area (Å²) < 4.78 is 16.9. The van der Waals surface area contributed by atoms with Gasteiger partial charge in [0.25, 0.3) is 5.91 Å². The normalized spacial score (nSPS) is 17.8. The minimum Gasteiger partial charge on any atom is -0.496 e. The fraction of sp³-hybridized carbons (Fsp3) is 0.500. The van der Waals surface area contributed by atoms with Crippen LogP contribution in [0.25, 0.3) is 11.3 Å². The number of urea groups is 1. The number of alkyl carbamates (subject to hydrolysis) is 1. The van der Waals surface area contributed by atoms with Gasteiger partial charge in [0.2, 0.25) is 17.7 Å². The van der Waals surface area contributed by atoms with Crippen LogP contribution in [0.3, 0.4) is 0 Å². The molecule has 57 heavy (non-hydrogen) atoms. The molecule has 2 aliphatic heterocycles. The molecule has 0 unspecified atom stereocenters. The van der Waals surface area contributed by atoms with Gasteiger partial charge in [0.15, 0.2) is 5.76 Å². The molecule has 0 bridgehead atoms. The molecular formula is C40H52ClN7O8S. The van der Waals surface area contributed by atoms with Gasteiger partial charge in [-0.1, -0.05) is 36.2 Å². The summed E-state index contributed by atoms with van der Waals surface area (Å²) in [7, 11) is 1.45. The number of hydrogen-bond donors (Lipinski definition) is 6. The van der Waals surface area contributed by atoms with Gasteiger partial charge in [0.05, 0.1) is 36.0 Å². The van der Waals surface area contributed by atoms with Crippen molar-refractivity contribution in [1.82, 2.24) is 31.6 Å². The molecule has 6 N–H and O–H groups in total. The summed E-state index contributed by atoms with van der Waals surface area (Å²) in [6.45, 7) is 6.01. The van der Waals surface area contributed by atoms with Crippen LogP contribution >= 0.6 is 23.4 Å². The zero-order valence-corrected chi connectivity index (χ0v) is 34.3. The quantitative estimate of drug-likeness (QED) is 0.0585. The molecular weight excluding hydrogens is 774 g/mol. The van der Waals surface area contributed by atoms with E-state index in [9.17, 15) is 24.0 Å². The molecule has 17 heteroatoms. The van der Waals surface area contributed by atoms with Crippen molar-refractivity contribution in [3.05, 3.63) is 65.1 Å². The Hall–Kier alpha value is -4.96. The third kappa shape index (κ3) is 13.0. The van der Waals surface area contributed by atoms with E-state index in [1.807, 2.05) is 17.8 Å². The van der Waals surface area contributed by atoms with E-state index in [1.54, 1.807) is 63.4 Å². The van der Waals surface area contributed by atoms with Gasteiger partial charge in [0.1, 0.15) is 17.4 Å². The molecule has 2 aliphatic rings. The lowest BCUT2D eigenvalue weighted by Crippen LogP contribution is -2.36. The average molecular weight is 826 g/mol. The van der Waals surface area contributed by atoms with Crippen molar-refractivity contribution in [3.8, 4) is 17.1 Å². The highest BCUT2D eigenvalue weighted by Gasteiger charge is 2.42. The number of carbonyl (C=O) groups excluding carboxylic acids is 5. The molecule has 15 nitrogen and oxygen atoms in total. The summed E-state index contributed by atoms with van der Waals surface area (Å²) in [6.07, 6.45) is 5.57. The molecule has 4 atom stereocenters. The smallest absolute Gasteiger partial charge is 0.407 e. The Bertz CT molecular complexity index is 1890. The number of carbonyl (C=O) groups is 5. The van der Waals surface area contributed by atoms with Gasteiger partial charge in [-0.3, -0.25) is 14.4 Å². The molecule has 3 aromatic rings. The van der Waals surface area contributed by atoms with E-state index in [4.69, 9.17) is 25.5 Å². The van der Waals surface area contributed by atoms with Crippen LogP contribution in [0.2, 0.25) is 5.02 Å². The number of oxazole rings is 1. The average Bonchev–Trinajstić information content (AvgIpc) is 3.89. The summed E-state index contributed by atoms with van der Waals surface area (Å²) in [4.78, 5) is 66.9. The zero-order valence-electron chi connectivity index (χ0n) is 32.7. The molecule has 1 aromatic heterocycles. The van der Waals surface area contributed by atoms with Crippen LogP contribution < -0.4 is 36.6 Å². The molecule has 0 radical (unpaired) electrons. The number of nitrogens with one attached hydrogen (secondary N) is 6. The summed E-state index contributed by atoms with van der Waals surface area (Å²) >= 11 is 8.25. The maximum Gasteiger partial charge on any atom is 0.407 e. The molecule has 0 aliphatic carbocycles. The predicted octanol–water partition coefficient (Wildman–Crippen LogP) is 6.34. The highest BCUT2D eigenvalue weighted by molar-refractivity contribution is 8.00. The van der Waals surface area contributed by atoms with Crippen LogP contribution in [0.4, 0.5) is 15.3 Å². The number of thioether (sulfide) groups is 1. The third-order valence-corrected chi connectivity index (χ3v) is 11.1. The number of nitrogens with zero attached hydrogens (tertiary/aromatic N) is 1. The van der Waals surface area contributed by atoms with Gasteiger partial charge in [-0.15, -0.1) is 0 Å². The summed E-state index contributed by atoms with van der Waals surface area (Å²) in [5.74, 6) is 1.16. The van der Waals surface area contributed by atoms with Crippen molar-refractivity contribution < 1.29 is 37.9 Å². The summed E-state index contributed by atoms with van der Waals surface area (Å²) in [5.41, 5.74) is 0.737. The number of benzene rings is 2. The number of methoxy groups -OCH3 is 1. The topological polar surface area (TPSA) is 202 Å². The lowest BCUT2D eigenvalue weighted by Gasteiger charge is -2.20. The Labute approximate surface area is 341 Å². The second-order valence-corrected chi connectivity index (χ2v) is 16.6. The van der Waals surface area contributed by atoms with Crippen LogP contribution in [0, 0.1) is 0 Å². The van der Waals surface area contributed by atoms with Crippen LogP contribution in [-0.4, -0.2) is 83.7 Å². The van der Waals surface area contributed by atoms with E-state index >= 15 is 0 Å². The summed E-state index contributed by atoms with van der Waals surface area (Å²) in [6, 6.07) is 11.6. The first-order valence-corrected chi connectivity index (χ1v) is 20.6. The monoisotopic (exact) mass is 825 g/mol. The molecule has 2 aromatic carbocycles. The van der Waals surface area contributed by atoms with E-state index in [-0.39, 0.29) is 59.4 Å². The second kappa shape index (κ2) is 20.5. The molecule has 308 valence electrons. The Balaban J connectivity index is 1.09. The van der Waals surface area contributed by atoms with Gasteiger partial charge in [-0.05, 0) is 77.1 Å². The molecule has 2 fully saturated rings. The standard InChI is InChI=1S/C40H52ClN7O8S/c1-40(2,3)56-39(53)43-20-9-14-27(46-36(51)34-26(41)13-8-15-29(34)54-4)37-44-22-30(55-37)24-11-7-12-25(21-24)45-33(50)18-10-19-42-32(49)17-6-5-16-31-35-28(23-57-31)47-38(52)48-35/h7-8,11-13,15,21-22,27-28,31,35H,5-6,9-10,14,16-20,23H2,1-4H3,(H,42,49)(H,43,53)(H,45,50)(H,46,51)(H2,47,48,52)/t27-,28-,31-,35-/m0/s1. The van der Waals surface area contributed by atoms with Crippen molar-refractivity contribution in [2.45, 2.75) is 101 Å². The molecule has 3 heterocycles. The first-order valence-electron chi connectivity index (χ1n) is 19.2. The van der Waals surface area contributed by atoms with Crippen LogP contribution in [0.5, 0.6) is 5.75 Å². The van der Waals surface area contributed by atoms with Gasteiger partial charge < -0.3 is 45.8 Å². The van der Waals surface area contributed by atoms with Gasteiger partial charge >= 0.3 is 12.1 Å².